The van der Waals surface area contributed by atoms with Crippen molar-refractivity contribution >= 4 is 5.91 Å². The van der Waals surface area contributed by atoms with Gasteiger partial charge in [-0.05, 0) is 48.8 Å². The third kappa shape index (κ3) is 5.67. The third-order valence-electron chi connectivity index (χ3n) is 9.29. The SMILES string of the molecule is COC(c1ccc(F)c(F)c1-c1nccn1C(Cc1ccccc1)(C(=O)NC1CCCC1)C1=COCO1)C1CCCCC1. The molecule has 2 aromatic carbocycles. The molecule has 1 N–H and O–H groups in total. The number of ether oxygens (including phenoxy) is 3. The summed E-state index contributed by atoms with van der Waals surface area (Å²) in [5, 5.41) is 3.25. The van der Waals surface area contributed by atoms with Gasteiger partial charge in [0.2, 0.25) is 6.79 Å². The van der Waals surface area contributed by atoms with E-state index in [0.29, 0.717) is 5.56 Å². The van der Waals surface area contributed by atoms with Crippen molar-refractivity contribution in [1.29, 1.82) is 0 Å². The fourth-order valence-electron chi connectivity index (χ4n) is 7.15. The Kier molecular flexibility index (Phi) is 8.79. The van der Waals surface area contributed by atoms with E-state index in [4.69, 9.17) is 14.2 Å². The molecule has 9 heteroatoms. The van der Waals surface area contributed by atoms with Gasteiger partial charge in [-0.15, -0.1) is 0 Å². The van der Waals surface area contributed by atoms with Crippen LogP contribution in [0, 0.1) is 17.6 Å². The molecule has 3 aromatic rings. The normalized spacial score (nSPS) is 19.7. The minimum absolute atomic E-state index is 0.00295. The molecule has 2 unspecified atom stereocenters. The molecule has 1 aliphatic heterocycles. The van der Waals surface area contributed by atoms with Crippen LogP contribution in [0.2, 0.25) is 0 Å². The van der Waals surface area contributed by atoms with E-state index in [0.717, 1.165) is 69.4 Å². The van der Waals surface area contributed by atoms with Gasteiger partial charge in [0.15, 0.2) is 22.9 Å². The van der Waals surface area contributed by atoms with Gasteiger partial charge in [-0.1, -0.05) is 68.5 Å². The zero-order chi connectivity index (χ0) is 29.8. The quantitative estimate of drug-likeness (QED) is 0.277. The number of imidazole rings is 1. The largest absolute Gasteiger partial charge is 0.461 e. The molecule has 0 bridgehead atoms. The van der Waals surface area contributed by atoms with E-state index in [1.54, 1.807) is 23.9 Å². The van der Waals surface area contributed by atoms with Crippen LogP contribution in [0.4, 0.5) is 8.78 Å². The Morgan fingerprint density at radius 1 is 1.07 bits per heavy atom. The highest BCUT2D eigenvalue weighted by Crippen LogP contribution is 2.44. The zero-order valence-corrected chi connectivity index (χ0v) is 24.6. The number of aromatic nitrogens is 2. The second-order valence-corrected chi connectivity index (χ2v) is 11.9. The number of halogens is 2. The number of benzene rings is 2. The first-order valence-electron chi connectivity index (χ1n) is 15.4. The molecule has 1 amide bonds. The molecule has 3 aliphatic rings. The van der Waals surface area contributed by atoms with E-state index >= 15 is 8.78 Å². The summed E-state index contributed by atoms with van der Waals surface area (Å²) in [6.07, 6.45) is 13.3. The number of carbonyl (C=O) groups excluding carboxylic acids is 1. The topological polar surface area (TPSA) is 74.6 Å². The molecule has 6 rings (SSSR count). The van der Waals surface area contributed by atoms with E-state index in [1.165, 1.54) is 12.5 Å². The maximum Gasteiger partial charge on any atom is 0.254 e. The summed E-state index contributed by atoms with van der Waals surface area (Å²) in [6.45, 7) is -0.0559. The van der Waals surface area contributed by atoms with Crippen molar-refractivity contribution in [3.63, 3.8) is 0 Å². The number of amides is 1. The highest BCUT2D eigenvalue weighted by atomic mass is 19.2. The second kappa shape index (κ2) is 12.9. The minimum Gasteiger partial charge on any atom is -0.461 e. The lowest BCUT2D eigenvalue weighted by Crippen LogP contribution is -2.54. The van der Waals surface area contributed by atoms with Gasteiger partial charge in [-0.25, -0.2) is 13.8 Å². The molecule has 2 aliphatic carbocycles. The van der Waals surface area contributed by atoms with Crippen molar-refractivity contribution in [3.05, 3.63) is 89.6 Å². The molecule has 2 heterocycles. The number of carbonyl (C=O) groups is 1. The second-order valence-electron chi connectivity index (χ2n) is 11.9. The Balaban J connectivity index is 1.55. The summed E-state index contributed by atoms with van der Waals surface area (Å²) >= 11 is 0. The smallest absolute Gasteiger partial charge is 0.254 e. The van der Waals surface area contributed by atoms with E-state index in [1.807, 2.05) is 30.3 Å². The lowest BCUT2D eigenvalue weighted by molar-refractivity contribution is -0.130. The molecule has 2 atom stereocenters. The summed E-state index contributed by atoms with van der Waals surface area (Å²) in [7, 11) is 1.61. The molecule has 0 radical (unpaired) electrons. The molecule has 0 saturated heterocycles. The van der Waals surface area contributed by atoms with Crippen molar-refractivity contribution in [3.8, 4) is 11.4 Å². The molecule has 2 saturated carbocycles. The van der Waals surface area contributed by atoms with Crippen LogP contribution >= 0.6 is 0 Å². The van der Waals surface area contributed by atoms with Crippen molar-refractivity contribution in [2.45, 2.75) is 81.9 Å². The monoisotopic (exact) mass is 591 g/mol. The molecule has 228 valence electrons. The van der Waals surface area contributed by atoms with Gasteiger partial charge in [-0.3, -0.25) is 4.79 Å². The Labute approximate surface area is 251 Å². The minimum atomic E-state index is -1.53. The first kappa shape index (κ1) is 29.4. The number of rotatable bonds is 10. The first-order valence-corrected chi connectivity index (χ1v) is 15.4. The van der Waals surface area contributed by atoms with E-state index in [-0.39, 0.29) is 48.2 Å². The number of hydrogen-bond donors (Lipinski definition) is 1. The van der Waals surface area contributed by atoms with Crippen molar-refractivity contribution < 1.29 is 27.8 Å². The van der Waals surface area contributed by atoms with Gasteiger partial charge < -0.3 is 24.1 Å². The van der Waals surface area contributed by atoms with E-state index in [9.17, 15) is 4.79 Å². The predicted octanol–water partition coefficient (Wildman–Crippen LogP) is 6.94. The highest BCUT2D eigenvalue weighted by molar-refractivity contribution is 5.89. The van der Waals surface area contributed by atoms with Gasteiger partial charge in [0.1, 0.15) is 12.1 Å². The van der Waals surface area contributed by atoms with Crippen molar-refractivity contribution in [1.82, 2.24) is 14.9 Å². The molecule has 1 aromatic heterocycles. The van der Waals surface area contributed by atoms with Gasteiger partial charge in [0, 0.05) is 32.0 Å². The van der Waals surface area contributed by atoms with Gasteiger partial charge in [0.25, 0.3) is 5.91 Å². The Morgan fingerprint density at radius 3 is 2.51 bits per heavy atom. The Hall–Kier alpha value is -3.72. The summed E-state index contributed by atoms with van der Waals surface area (Å²) < 4.78 is 50.3. The number of hydrogen-bond acceptors (Lipinski definition) is 5. The standard InChI is InChI=1S/C34H39F2N3O4/c1-41-31(24-12-6-3-7-13-24)26-16-17-27(35)30(36)29(26)32-37-18-19-39(32)34(28-21-42-22-43-28,20-23-10-4-2-5-11-23)33(40)38-25-14-8-9-15-25/h2,4-5,10-11,16-19,21,24-25,31H,3,6-9,12-15,20,22H2,1H3,(H,38,40). The molecular weight excluding hydrogens is 552 g/mol. The van der Waals surface area contributed by atoms with E-state index in [2.05, 4.69) is 10.3 Å². The average Bonchev–Trinajstić information content (AvgIpc) is 3.84. The molecule has 2 fully saturated rings. The maximum absolute atomic E-state index is 16.1. The third-order valence-corrected chi connectivity index (χ3v) is 9.29. The fourth-order valence-corrected chi connectivity index (χ4v) is 7.15. The number of methoxy groups -OCH3 is 1. The van der Waals surface area contributed by atoms with Crippen LogP contribution in [0.5, 0.6) is 0 Å². The zero-order valence-electron chi connectivity index (χ0n) is 24.6. The fraction of sp³-hybridized carbons (Fsp3) is 0.471. The van der Waals surface area contributed by atoms with Crippen LogP contribution < -0.4 is 5.32 Å². The maximum atomic E-state index is 16.1. The Bertz CT molecular complexity index is 1450. The van der Waals surface area contributed by atoms with Crippen molar-refractivity contribution in [2.24, 2.45) is 5.92 Å². The number of nitrogens with one attached hydrogen (secondary N) is 1. The Morgan fingerprint density at radius 2 is 1.81 bits per heavy atom. The van der Waals surface area contributed by atoms with Gasteiger partial charge in [0.05, 0.1) is 11.7 Å². The van der Waals surface area contributed by atoms with Gasteiger partial charge >= 0.3 is 0 Å². The van der Waals surface area contributed by atoms with Crippen molar-refractivity contribution in [2.75, 3.05) is 13.9 Å². The molecule has 0 spiro atoms. The first-order chi connectivity index (χ1) is 21.0. The van der Waals surface area contributed by atoms with Crippen LogP contribution in [0.15, 0.2) is 66.9 Å². The predicted molar refractivity (Wildman–Crippen MR) is 158 cm³/mol. The average molecular weight is 592 g/mol. The molecular formula is C34H39F2N3O4. The summed E-state index contributed by atoms with van der Waals surface area (Å²) in [5.74, 6) is -1.77. The molecule has 7 nitrogen and oxygen atoms in total. The van der Waals surface area contributed by atoms with E-state index < -0.39 is 23.3 Å². The summed E-state index contributed by atoms with van der Waals surface area (Å²) in [4.78, 5) is 19.2. The van der Waals surface area contributed by atoms with Crippen LogP contribution in [-0.4, -0.2) is 35.4 Å². The summed E-state index contributed by atoms with van der Waals surface area (Å²) in [5.41, 5.74) is -0.163. The van der Waals surface area contributed by atoms with Crippen LogP contribution in [0.3, 0.4) is 0 Å². The summed E-state index contributed by atoms with van der Waals surface area (Å²) in [6, 6.07) is 12.3. The van der Waals surface area contributed by atoms with Crippen LogP contribution in [0.25, 0.3) is 11.4 Å². The number of nitrogens with zero attached hydrogens (tertiary/aromatic N) is 2. The highest BCUT2D eigenvalue weighted by Gasteiger charge is 2.50. The lowest BCUT2D eigenvalue weighted by atomic mass is 9.81. The molecule has 43 heavy (non-hydrogen) atoms. The van der Waals surface area contributed by atoms with Gasteiger partial charge in [-0.2, -0.15) is 0 Å². The van der Waals surface area contributed by atoms with Crippen LogP contribution in [0.1, 0.15) is 75.0 Å². The lowest BCUT2D eigenvalue weighted by Gasteiger charge is -2.36. The van der Waals surface area contributed by atoms with Crippen LogP contribution in [-0.2, 0) is 31.0 Å².